The normalized spacial score (nSPS) is 24.0. The lowest BCUT2D eigenvalue weighted by Crippen LogP contribution is -2.21. The van der Waals surface area contributed by atoms with Crippen LogP contribution in [-0.4, -0.2) is 5.38 Å². The topological polar surface area (TPSA) is 0 Å². The van der Waals surface area contributed by atoms with E-state index >= 15 is 0 Å². The van der Waals surface area contributed by atoms with Crippen LogP contribution in [0.2, 0.25) is 0 Å². The minimum atomic E-state index is -0.157. The van der Waals surface area contributed by atoms with Gasteiger partial charge in [0.2, 0.25) is 0 Å². The van der Waals surface area contributed by atoms with Crippen LogP contribution in [0.25, 0.3) is 5.57 Å². The molecule has 0 radical (unpaired) electrons. The standard InChI is InChI=1S/C14H16ClF/c1-14(2)8-10(7-11(15)9-14)12-5-3-4-6-13(12)16/h3-7,11H,8-9H2,1-2H3. The van der Waals surface area contributed by atoms with E-state index in [1.165, 1.54) is 6.07 Å². The van der Waals surface area contributed by atoms with Crippen molar-refractivity contribution in [2.75, 3.05) is 0 Å². The van der Waals surface area contributed by atoms with E-state index in [1.54, 1.807) is 6.07 Å². The summed E-state index contributed by atoms with van der Waals surface area (Å²) in [5.41, 5.74) is 1.88. The molecule has 1 unspecified atom stereocenters. The van der Waals surface area contributed by atoms with Crippen molar-refractivity contribution < 1.29 is 4.39 Å². The summed E-state index contributed by atoms with van der Waals surface area (Å²) < 4.78 is 13.7. The third-order valence-electron chi connectivity index (χ3n) is 3.02. The predicted molar refractivity (Wildman–Crippen MR) is 67.0 cm³/mol. The smallest absolute Gasteiger partial charge is 0.130 e. The Hall–Kier alpha value is -0.820. The molecule has 0 bridgehead atoms. The molecule has 2 heteroatoms. The van der Waals surface area contributed by atoms with Gasteiger partial charge in [-0.05, 0) is 29.9 Å². The molecule has 16 heavy (non-hydrogen) atoms. The van der Waals surface area contributed by atoms with Crippen LogP contribution in [-0.2, 0) is 0 Å². The molecule has 0 nitrogen and oxygen atoms in total. The van der Waals surface area contributed by atoms with E-state index in [0.29, 0.717) is 5.56 Å². The maximum absolute atomic E-state index is 13.7. The highest BCUT2D eigenvalue weighted by Gasteiger charge is 2.28. The lowest BCUT2D eigenvalue weighted by atomic mass is 9.75. The van der Waals surface area contributed by atoms with Crippen molar-refractivity contribution >= 4 is 17.2 Å². The quantitative estimate of drug-likeness (QED) is 0.626. The van der Waals surface area contributed by atoms with Crippen LogP contribution in [0.1, 0.15) is 32.3 Å². The van der Waals surface area contributed by atoms with E-state index in [1.807, 2.05) is 18.2 Å². The number of halogens is 2. The molecular formula is C14H16ClF. The minimum Gasteiger partial charge on any atom is -0.206 e. The van der Waals surface area contributed by atoms with Crippen molar-refractivity contribution in [1.29, 1.82) is 0 Å². The van der Waals surface area contributed by atoms with Gasteiger partial charge < -0.3 is 0 Å². The van der Waals surface area contributed by atoms with Crippen LogP contribution in [0, 0.1) is 11.2 Å². The third-order valence-corrected chi connectivity index (χ3v) is 3.30. The molecule has 0 aromatic heterocycles. The van der Waals surface area contributed by atoms with E-state index in [0.717, 1.165) is 18.4 Å². The van der Waals surface area contributed by atoms with Gasteiger partial charge in [0.15, 0.2) is 0 Å². The van der Waals surface area contributed by atoms with Crippen molar-refractivity contribution in [3.63, 3.8) is 0 Å². The van der Waals surface area contributed by atoms with Gasteiger partial charge in [0.25, 0.3) is 0 Å². The van der Waals surface area contributed by atoms with E-state index in [4.69, 9.17) is 11.6 Å². The Balaban J connectivity index is 2.38. The van der Waals surface area contributed by atoms with Gasteiger partial charge in [-0.25, -0.2) is 4.39 Å². The van der Waals surface area contributed by atoms with Crippen LogP contribution in [0.5, 0.6) is 0 Å². The van der Waals surface area contributed by atoms with Crippen molar-refractivity contribution in [2.24, 2.45) is 5.41 Å². The van der Waals surface area contributed by atoms with Crippen molar-refractivity contribution in [3.8, 4) is 0 Å². The number of hydrogen-bond donors (Lipinski definition) is 0. The van der Waals surface area contributed by atoms with Gasteiger partial charge >= 0.3 is 0 Å². The van der Waals surface area contributed by atoms with Gasteiger partial charge in [0.1, 0.15) is 5.82 Å². The maximum Gasteiger partial charge on any atom is 0.130 e. The Kier molecular flexibility index (Phi) is 3.07. The molecule has 0 saturated carbocycles. The zero-order valence-corrected chi connectivity index (χ0v) is 10.4. The summed E-state index contributed by atoms with van der Waals surface area (Å²) >= 11 is 6.20. The van der Waals surface area contributed by atoms with Crippen LogP contribution in [0.4, 0.5) is 4.39 Å². The number of hydrogen-bond acceptors (Lipinski definition) is 0. The highest BCUT2D eigenvalue weighted by atomic mass is 35.5. The van der Waals surface area contributed by atoms with E-state index in [9.17, 15) is 4.39 Å². The molecule has 0 heterocycles. The SMILES string of the molecule is CC1(C)CC(c2ccccc2F)=CC(Cl)C1. The summed E-state index contributed by atoms with van der Waals surface area (Å²) in [4.78, 5) is 0. The van der Waals surface area contributed by atoms with Crippen molar-refractivity contribution in [2.45, 2.75) is 32.1 Å². The molecule has 1 aliphatic carbocycles. The molecule has 1 aromatic carbocycles. The average molecular weight is 239 g/mol. The second kappa shape index (κ2) is 4.21. The first kappa shape index (κ1) is 11.7. The first-order valence-corrected chi connectivity index (χ1v) is 6.01. The van der Waals surface area contributed by atoms with E-state index in [2.05, 4.69) is 13.8 Å². The highest BCUT2D eigenvalue weighted by molar-refractivity contribution is 6.22. The van der Waals surface area contributed by atoms with Crippen LogP contribution >= 0.6 is 11.6 Å². The number of rotatable bonds is 1. The van der Waals surface area contributed by atoms with Gasteiger partial charge in [-0.2, -0.15) is 0 Å². The molecule has 0 N–H and O–H groups in total. The molecule has 86 valence electrons. The number of allylic oxidation sites excluding steroid dienone is 2. The lowest BCUT2D eigenvalue weighted by molar-refractivity contribution is 0.340. The summed E-state index contributed by atoms with van der Waals surface area (Å²) in [6.45, 7) is 4.35. The Bertz CT molecular complexity index is 420. The van der Waals surface area contributed by atoms with Crippen LogP contribution in [0.3, 0.4) is 0 Å². The molecule has 1 aliphatic rings. The van der Waals surface area contributed by atoms with Gasteiger partial charge in [0.05, 0.1) is 5.38 Å². The first-order chi connectivity index (χ1) is 7.48. The molecule has 0 fully saturated rings. The molecule has 2 rings (SSSR count). The maximum atomic E-state index is 13.7. The number of benzene rings is 1. The number of alkyl halides is 1. The summed E-state index contributed by atoms with van der Waals surface area (Å²) in [5, 5.41) is 0.0124. The molecule has 0 aliphatic heterocycles. The highest BCUT2D eigenvalue weighted by Crippen LogP contribution is 2.41. The molecule has 1 atom stereocenters. The Labute approximate surface area is 101 Å². The monoisotopic (exact) mass is 238 g/mol. The minimum absolute atomic E-state index is 0.0124. The second-order valence-electron chi connectivity index (χ2n) is 5.23. The van der Waals surface area contributed by atoms with Gasteiger partial charge in [-0.3, -0.25) is 0 Å². The second-order valence-corrected chi connectivity index (χ2v) is 5.79. The fourth-order valence-corrected chi connectivity index (χ4v) is 2.93. The average Bonchev–Trinajstić information content (AvgIpc) is 2.15. The third kappa shape index (κ3) is 2.46. The van der Waals surface area contributed by atoms with Gasteiger partial charge in [-0.15, -0.1) is 11.6 Å². The van der Waals surface area contributed by atoms with Crippen molar-refractivity contribution in [1.82, 2.24) is 0 Å². The summed E-state index contributed by atoms with van der Waals surface area (Å²) in [7, 11) is 0. The zero-order chi connectivity index (χ0) is 11.8. The Morgan fingerprint density at radius 3 is 2.62 bits per heavy atom. The molecule has 0 amide bonds. The fourth-order valence-electron chi connectivity index (χ4n) is 2.36. The first-order valence-electron chi connectivity index (χ1n) is 5.58. The van der Waals surface area contributed by atoms with Crippen LogP contribution < -0.4 is 0 Å². The molecule has 0 spiro atoms. The van der Waals surface area contributed by atoms with Crippen molar-refractivity contribution in [3.05, 3.63) is 41.7 Å². The summed E-state index contributed by atoms with van der Waals surface area (Å²) in [6.07, 6.45) is 3.83. The molecule has 0 saturated heterocycles. The predicted octanol–water partition coefficient (Wildman–Crippen LogP) is 4.64. The Morgan fingerprint density at radius 1 is 1.31 bits per heavy atom. The van der Waals surface area contributed by atoms with Crippen LogP contribution in [0.15, 0.2) is 30.3 Å². The molecule has 1 aromatic rings. The lowest BCUT2D eigenvalue weighted by Gasteiger charge is -2.32. The van der Waals surface area contributed by atoms with E-state index < -0.39 is 0 Å². The van der Waals surface area contributed by atoms with Gasteiger partial charge in [0, 0.05) is 5.56 Å². The van der Waals surface area contributed by atoms with E-state index in [-0.39, 0.29) is 16.6 Å². The van der Waals surface area contributed by atoms with Gasteiger partial charge in [-0.1, -0.05) is 38.1 Å². The summed E-state index contributed by atoms with van der Waals surface area (Å²) in [6, 6.07) is 6.91. The zero-order valence-electron chi connectivity index (χ0n) is 9.63. The Morgan fingerprint density at radius 2 is 2.00 bits per heavy atom. The largest absolute Gasteiger partial charge is 0.206 e. The molecular weight excluding hydrogens is 223 g/mol. The summed E-state index contributed by atoms with van der Waals surface area (Å²) in [5.74, 6) is -0.157. The fraction of sp³-hybridized carbons (Fsp3) is 0.429.